The van der Waals surface area contributed by atoms with Gasteiger partial charge in [-0.05, 0) is 18.1 Å². The van der Waals surface area contributed by atoms with Gasteiger partial charge in [-0.1, -0.05) is 35.9 Å². The number of carbonyl (C=O) groups excluding carboxylic acids is 1. The Hall–Kier alpha value is -4.18. The molecule has 0 radical (unpaired) electrons. The first-order valence-electron chi connectivity index (χ1n) is 17.2. The molecule has 1 N–H and O–H groups in total. The van der Waals surface area contributed by atoms with Gasteiger partial charge < -0.3 is 5.11 Å². The maximum Gasteiger partial charge on any atom is -0.0514 e. The number of carbonyl (C=O) groups is 2. The van der Waals surface area contributed by atoms with Gasteiger partial charge in [-0.2, -0.15) is 0 Å². The smallest absolute Gasteiger partial charge is 0.0514 e. The van der Waals surface area contributed by atoms with Gasteiger partial charge in [0.1, 0.15) is 0 Å². The number of thioether (sulfide) groups is 3. The summed E-state index contributed by atoms with van der Waals surface area (Å²) in [6, 6.07) is 30.3. The summed E-state index contributed by atoms with van der Waals surface area (Å²) >= 11 is 4.66. The molecule has 1 aliphatic rings. The van der Waals surface area contributed by atoms with E-state index in [2.05, 4.69) is 126 Å². The minimum atomic E-state index is -1.03. The molecule has 5 aromatic rings. The number of rotatable bonds is 16. The summed E-state index contributed by atoms with van der Waals surface area (Å²) in [5.41, 5.74) is 9.55. The van der Waals surface area contributed by atoms with E-state index >= 15 is 0 Å². The van der Waals surface area contributed by atoms with Crippen molar-refractivity contribution in [1.29, 1.82) is 0 Å². The number of aromatic nitrogens is 1. The molecule has 2 heterocycles. The molecule has 6 nitrogen and oxygen atoms in total. The fourth-order valence-electron chi connectivity index (χ4n) is 6.02. The second kappa shape index (κ2) is 18.7. The maximum absolute atomic E-state index is 11.1. The molecule has 0 unspecified atom stereocenters. The fourth-order valence-corrected chi connectivity index (χ4v) is 10.7. The molecule has 6 rings (SSSR count). The van der Waals surface area contributed by atoms with Crippen molar-refractivity contribution in [3.63, 3.8) is 0 Å². The average Bonchev–Trinajstić information content (AvgIpc) is 3.67. The van der Waals surface area contributed by atoms with Gasteiger partial charge in [-0.3, -0.25) is 4.79 Å². The van der Waals surface area contributed by atoms with Gasteiger partial charge in [0, 0.05) is 0 Å². The van der Waals surface area contributed by atoms with Crippen molar-refractivity contribution in [3.8, 4) is 22.3 Å². The zero-order chi connectivity index (χ0) is 37.2. The van der Waals surface area contributed by atoms with Crippen LogP contribution in [0.15, 0.2) is 131 Å². The van der Waals surface area contributed by atoms with E-state index in [-0.39, 0.29) is 26.0 Å². The first kappa shape index (κ1) is 38.5. The molecule has 0 saturated heterocycles. The second-order valence-electron chi connectivity index (χ2n) is 12.5. The number of nitrogens with zero attached hydrogens (tertiary/aromatic N) is 2. The molecule has 0 atom stereocenters. The van der Waals surface area contributed by atoms with E-state index in [1.54, 1.807) is 11.8 Å². The summed E-state index contributed by atoms with van der Waals surface area (Å²) in [6.07, 6.45) is 14.5. The summed E-state index contributed by atoms with van der Waals surface area (Å²) in [7, 11) is 0. The maximum atomic E-state index is 11.1. The number of hydrogen-bond acceptors (Lipinski definition) is 7. The number of allylic oxidation sites excluding steroid dienone is 6. The molecule has 10 heteroatoms. The second-order valence-corrected chi connectivity index (χ2v) is 18.0. The van der Waals surface area contributed by atoms with Crippen LogP contribution in [0.5, 0.6) is 0 Å². The summed E-state index contributed by atoms with van der Waals surface area (Å²) < 4.78 is 4.88. The number of aryl methyl sites for hydroxylation is 3. The summed E-state index contributed by atoms with van der Waals surface area (Å²) in [5.74, 6) is -0.345. The van der Waals surface area contributed by atoms with Crippen LogP contribution in [0.1, 0.15) is 15.7 Å². The third-order valence-corrected chi connectivity index (χ3v) is 13.7. The zero-order valence-corrected chi connectivity index (χ0v) is 33.7. The first-order chi connectivity index (χ1) is 25.7. The van der Waals surface area contributed by atoms with Gasteiger partial charge in [0.25, 0.3) is 0 Å². The van der Waals surface area contributed by atoms with Crippen LogP contribution in [-0.2, 0) is 16.1 Å². The molecule has 53 heavy (non-hydrogen) atoms. The van der Waals surface area contributed by atoms with E-state index in [9.17, 15) is 14.7 Å². The molecule has 4 aromatic carbocycles. The molecule has 0 amide bonds. The van der Waals surface area contributed by atoms with E-state index in [0.717, 1.165) is 22.8 Å². The number of carboxylic acids is 2. The molecule has 0 fully saturated rings. The largest absolute Gasteiger partial charge is 0.0514 e. The van der Waals surface area contributed by atoms with Crippen LogP contribution in [-0.4, -0.2) is 61.1 Å². The zero-order valence-electron chi connectivity index (χ0n) is 29.6. The Morgan fingerprint density at radius 3 is 2.19 bits per heavy atom. The number of aliphatic carboxylic acids is 2. The molecule has 270 valence electrons. The van der Waals surface area contributed by atoms with Crippen LogP contribution < -0.4 is 14.6 Å². The van der Waals surface area contributed by atoms with Crippen molar-refractivity contribution in [2.24, 2.45) is 0 Å². The average molecular weight is 824 g/mol. The van der Waals surface area contributed by atoms with E-state index in [1.807, 2.05) is 24.3 Å². The third-order valence-electron chi connectivity index (χ3n) is 8.45. The Balaban J connectivity index is 1.18. The monoisotopic (exact) mass is 824 g/mol. The van der Waals surface area contributed by atoms with Gasteiger partial charge in [0.15, 0.2) is 0 Å². The molecule has 0 bridgehead atoms. The number of fused-ring (bicyclic) bond motifs is 2. The Labute approximate surface area is 329 Å². The van der Waals surface area contributed by atoms with Crippen LogP contribution in [0.4, 0.5) is 5.69 Å². The topological polar surface area (TPSA) is 84.6 Å². The molecule has 0 spiro atoms. The van der Waals surface area contributed by atoms with Crippen molar-refractivity contribution < 1.29 is 24.4 Å². The van der Waals surface area contributed by atoms with E-state index < -0.39 is 11.9 Å². The summed E-state index contributed by atoms with van der Waals surface area (Å²) in [5, 5.41) is 21.2. The predicted molar refractivity (Wildman–Crippen MR) is 224 cm³/mol. The standard InChI is InChI=1S/C43H40N2O4S3Se/c1-30-10-8-12-32(24-30)34-17-19-38-37(26-34)44(20-22-50-28-42(46)47)40(52-38)14-6-4-3-5-7-15-41-45(21-23-51-29-43(48)49)36-18-16-35(27-39(36)53-41)33-13-9-11-31(2)25-33/h3-19,24-27H,20-23,28-29H2,1-2H3,(H-,46,47,48,49). The van der Waals surface area contributed by atoms with Gasteiger partial charge in [0.2, 0.25) is 0 Å². The van der Waals surface area contributed by atoms with Crippen molar-refractivity contribution in [1.82, 2.24) is 0 Å². The predicted octanol–water partition coefficient (Wildman–Crippen LogP) is 8.02. The summed E-state index contributed by atoms with van der Waals surface area (Å²) in [6.45, 7) is 5.65. The van der Waals surface area contributed by atoms with Crippen LogP contribution in [0.2, 0.25) is 0 Å². The van der Waals surface area contributed by atoms with Gasteiger partial charge in [-0.25, -0.2) is 0 Å². The number of benzene rings is 4. The Morgan fingerprint density at radius 2 is 1.47 bits per heavy atom. The van der Waals surface area contributed by atoms with Crippen LogP contribution >= 0.6 is 35.3 Å². The van der Waals surface area contributed by atoms with Gasteiger partial charge in [-0.15, -0.1) is 11.8 Å². The van der Waals surface area contributed by atoms with E-state index in [4.69, 9.17) is 5.11 Å². The minimum Gasteiger partial charge on any atom is -0.0514 e. The van der Waals surface area contributed by atoms with Crippen LogP contribution in [0.3, 0.4) is 0 Å². The van der Waals surface area contributed by atoms with Crippen molar-refractivity contribution in [3.05, 3.63) is 142 Å². The first-order valence-corrected chi connectivity index (χ1v) is 22.1. The molecule has 1 aromatic heterocycles. The number of anilines is 1. The quantitative estimate of drug-likeness (QED) is 0.0464. The fraction of sp³-hybridized carbons (Fsp3) is 0.186. The van der Waals surface area contributed by atoms with Crippen LogP contribution in [0.25, 0.3) is 38.1 Å². The number of hydrogen-bond donors (Lipinski definition) is 1. The third kappa shape index (κ3) is 10.5. The van der Waals surface area contributed by atoms with E-state index in [1.165, 1.54) is 70.6 Å². The van der Waals surface area contributed by atoms with Crippen molar-refractivity contribution in [2.75, 3.05) is 34.5 Å². The number of carboxylic acid groups (broad SMARTS) is 2. The van der Waals surface area contributed by atoms with Gasteiger partial charge >= 0.3 is 250 Å². The molecular weight excluding hydrogens is 784 g/mol. The minimum absolute atomic E-state index is 0.00493. The van der Waals surface area contributed by atoms with Gasteiger partial charge in [0.05, 0.1) is 5.75 Å². The van der Waals surface area contributed by atoms with Crippen LogP contribution in [0, 0.1) is 13.8 Å². The Kier molecular flexibility index (Phi) is 13.6. The summed E-state index contributed by atoms with van der Waals surface area (Å²) in [4.78, 5) is 25.6. The molecule has 0 aliphatic carbocycles. The van der Waals surface area contributed by atoms with Crippen molar-refractivity contribution >= 4 is 83.3 Å². The van der Waals surface area contributed by atoms with Crippen molar-refractivity contribution in [2.45, 2.75) is 25.3 Å². The molecule has 1 aliphatic heterocycles. The van der Waals surface area contributed by atoms with E-state index in [0.29, 0.717) is 18.1 Å². The SMILES string of the molecule is Cc1cccc(-c2ccc3c(c2)N(CCSCC(=O)O)/C(=C/C=C/C=C/C=C/c2[se]c4cc(-c5cccc(C)c5)ccc4[n+]2CCSCC(=O)[O-])S3)c1. The normalized spacial score (nSPS) is 13.7. The Bertz CT molecular complexity index is 2240. The Morgan fingerprint density at radius 1 is 0.811 bits per heavy atom. The molecular formula is C43H40N2O4S3Se. The molecule has 0 saturated carbocycles.